The Morgan fingerprint density at radius 1 is 1.48 bits per heavy atom. The van der Waals surface area contributed by atoms with Crippen LogP contribution in [0.4, 0.5) is 0 Å². The number of carbonyl (C=O) groups is 1. The van der Waals surface area contributed by atoms with Crippen molar-refractivity contribution in [3.63, 3.8) is 0 Å². The van der Waals surface area contributed by atoms with E-state index in [-0.39, 0.29) is 29.8 Å². The van der Waals surface area contributed by atoms with Crippen molar-refractivity contribution < 1.29 is 14.3 Å². The van der Waals surface area contributed by atoms with Gasteiger partial charge < -0.3 is 20.1 Å². The zero-order chi connectivity index (χ0) is 15.2. The molecular formula is C15H31ClN2O3. The molecule has 0 aliphatic carbocycles. The van der Waals surface area contributed by atoms with Gasteiger partial charge in [-0.05, 0) is 38.1 Å². The predicted molar refractivity (Wildman–Crippen MR) is 86.7 cm³/mol. The van der Waals surface area contributed by atoms with E-state index in [9.17, 15) is 4.79 Å². The van der Waals surface area contributed by atoms with Gasteiger partial charge in [0.25, 0.3) is 5.91 Å². The molecule has 1 rings (SSSR count). The van der Waals surface area contributed by atoms with Crippen LogP contribution in [0.2, 0.25) is 0 Å². The molecule has 0 radical (unpaired) electrons. The van der Waals surface area contributed by atoms with Gasteiger partial charge >= 0.3 is 0 Å². The van der Waals surface area contributed by atoms with E-state index in [2.05, 4.69) is 13.8 Å². The largest absolute Gasteiger partial charge is 0.376 e. The Balaban J connectivity index is 0.00000400. The molecule has 2 unspecified atom stereocenters. The van der Waals surface area contributed by atoms with E-state index in [1.165, 1.54) is 6.42 Å². The van der Waals surface area contributed by atoms with Gasteiger partial charge in [-0.25, -0.2) is 0 Å². The molecule has 1 heterocycles. The highest BCUT2D eigenvalue weighted by Gasteiger charge is 2.25. The summed E-state index contributed by atoms with van der Waals surface area (Å²) >= 11 is 0. The topological polar surface area (TPSA) is 64.8 Å². The van der Waals surface area contributed by atoms with Crippen molar-refractivity contribution in [2.45, 2.75) is 52.2 Å². The maximum atomic E-state index is 12.2. The van der Waals surface area contributed by atoms with Crippen LogP contribution < -0.4 is 5.73 Å². The van der Waals surface area contributed by atoms with Crippen molar-refractivity contribution in [2.24, 2.45) is 11.1 Å². The molecule has 1 amide bonds. The standard InChI is InChI=1S/C15H30N2O3.ClH/c1-12(20-9-13-7-5-6-8-19-13)14(18)17(4)11-15(2,3)10-16;/h12-13H,5-11,16H2,1-4H3;1H. The van der Waals surface area contributed by atoms with Crippen LogP contribution >= 0.6 is 12.4 Å². The van der Waals surface area contributed by atoms with E-state index in [4.69, 9.17) is 15.2 Å². The van der Waals surface area contributed by atoms with Gasteiger partial charge in [0.15, 0.2) is 0 Å². The number of halogens is 1. The highest BCUT2D eigenvalue weighted by atomic mass is 35.5. The molecule has 126 valence electrons. The smallest absolute Gasteiger partial charge is 0.251 e. The summed E-state index contributed by atoms with van der Waals surface area (Å²) in [6.45, 7) is 8.40. The first-order valence-corrected chi connectivity index (χ1v) is 7.54. The molecule has 1 saturated heterocycles. The van der Waals surface area contributed by atoms with Crippen molar-refractivity contribution in [2.75, 3.05) is 33.4 Å². The van der Waals surface area contributed by atoms with E-state index in [0.717, 1.165) is 19.4 Å². The Kier molecular flexibility index (Phi) is 9.45. The first-order valence-electron chi connectivity index (χ1n) is 7.54. The molecule has 21 heavy (non-hydrogen) atoms. The van der Waals surface area contributed by atoms with Crippen molar-refractivity contribution in [3.05, 3.63) is 0 Å². The molecule has 1 aliphatic heterocycles. The minimum Gasteiger partial charge on any atom is -0.376 e. The zero-order valence-corrected chi connectivity index (χ0v) is 14.6. The summed E-state index contributed by atoms with van der Waals surface area (Å²) in [5.74, 6) is 0.00216. The second kappa shape index (κ2) is 9.62. The van der Waals surface area contributed by atoms with E-state index in [0.29, 0.717) is 19.7 Å². The summed E-state index contributed by atoms with van der Waals surface area (Å²) in [4.78, 5) is 13.9. The lowest BCUT2D eigenvalue weighted by molar-refractivity contribution is -0.146. The zero-order valence-electron chi connectivity index (χ0n) is 13.8. The number of rotatable bonds is 7. The molecule has 1 fully saturated rings. The highest BCUT2D eigenvalue weighted by molar-refractivity contribution is 5.85. The molecule has 0 aromatic heterocycles. The van der Waals surface area contributed by atoms with Gasteiger partial charge in [0.1, 0.15) is 6.10 Å². The molecule has 2 atom stereocenters. The summed E-state index contributed by atoms with van der Waals surface area (Å²) < 4.78 is 11.3. The Hall–Kier alpha value is -0.360. The Labute approximate surface area is 134 Å². The fourth-order valence-electron chi connectivity index (χ4n) is 2.36. The van der Waals surface area contributed by atoms with Crippen molar-refractivity contribution >= 4 is 18.3 Å². The minimum atomic E-state index is -0.431. The first-order chi connectivity index (χ1) is 9.35. The van der Waals surface area contributed by atoms with E-state index in [1.54, 1.807) is 18.9 Å². The summed E-state index contributed by atoms with van der Waals surface area (Å²) in [7, 11) is 1.80. The lowest BCUT2D eigenvalue weighted by atomic mass is 9.93. The quantitative estimate of drug-likeness (QED) is 0.776. The van der Waals surface area contributed by atoms with Gasteiger partial charge in [-0.2, -0.15) is 0 Å². The average molecular weight is 323 g/mol. The van der Waals surface area contributed by atoms with Gasteiger partial charge in [-0.1, -0.05) is 13.8 Å². The number of ether oxygens (including phenoxy) is 2. The summed E-state index contributed by atoms with van der Waals surface area (Å²) in [6, 6.07) is 0. The molecule has 0 saturated carbocycles. The average Bonchev–Trinajstić information content (AvgIpc) is 2.44. The number of hydrogen-bond donors (Lipinski definition) is 1. The summed E-state index contributed by atoms with van der Waals surface area (Å²) in [5, 5.41) is 0. The number of carbonyl (C=O) groups excluding carboxylic acids is 1. The van der Waals surface area contributed by atoms with Crippen molar-refractivity contribution in [1.29, 1.82) is 0 Å². The van der Waals surface area contributed by atoms with Gasteiger partial charge in [0, 0.05) is 20.2 Å². The first kappa shape index (κ1) is 20.6. The van der Waals surface area contributed by atoms with E-state index < -0.39 is 6.10 Å². The van der Waals surface area contributed by atoms with Crippen molar-refractivity contribution in [3.8, 4) is 0 Å². The van der Waals surface area contributed by atoms with Crippen LogP contribution in [0.3, 0.4) is 0 Å². The molecule has 0 bridgehead atoms. The molecular weight excluding hydrogens is 292 g/mol. The maximum absolute atomic E-state index is 12.2. The summed E-state index contributed by atoms with van der Waals surface area (Å²) in [6.07, 6.45) is 3.05. The van der Waals surface area contributed by atoms with Crippen LogP contribution in [0.25, 0.3) is 0 Å². The summed E-state index contributed by atoms with van der Waals surface area (Å²) in [5.41, 5.74) is 5.63. The molecule has 0 spiro atoms. The number of likely N-dealkylation sites (N-methyl/N-ethyl adjacent to an activating group) is 1. The molecule has 6 heteroatoms. The van der Waals surface area contributed by atoms with Crippen LogP contribution in [-0.4, -0.2) is 56.4 Å². The Morgan fingerprint density at radius 2 is 2.14 bits per heavy atom. The third-order valence-electron chi connectivity index (χ3n) is 3.75. The SMILES string of the molecule is CC(OCC1CCCCO1)C(=O)N(C)CC(C)(C)CN.Cl. The Bertz CT molecular complexity index is 307. The van der Waals surface area contributed by atoms with Crippen LogP contribution in [-0.2, 0) is 14.3 Å². The monoisotopic (exact) mass is 322 g/mol. The highest BCUT2D eigenvalue weighted by Crippen LogP contribution is 2.16. The normalized spacial score (nSPS) is 20.5. The van der Waals surface area contributed by atoms with Gasteiger partial charge in [0.2, 0.25) is 0 Å². The molecule has 2 N–H and O–H groups in total. The third kappa shape index (κ3) is 7.45. The molecule has 5 nitrogen and oxygen atoms in total. The number of hydrogen-bond acceptors (Lipinski definition) is 4. The fraction of sp³-hybridized carbons (Fsp3) is 0.933. The fourth-order valence-corrected chi connectivity index (χ4v) is 2.36. The Morgan fingerprint density at radius 3 is 2.67 bits per heavy atom. The van der Waals surface area contributed by atoms with E-state index in [1.807, 2.05) is 0 Å². The predicted octanol–water partition coefficient (Wildman–Crippen LogP) is 1.83. The maximum Gasteiger partial charge on any atom is 0.251 e. The molecule has 0 aromatic rings. The second-order valence-corrected chi connectivity index (χ2v) is 6.53. The lowest BCUT2D eigenvalue weighted by Crippen LogP contribution is -2.44. The minimum absolute atomic E-state index is 0. The number of nitrogens with two attached hydrogens (primary N) is 1. The third-order valence-corrected chi connectivity index (χ3v) is 3.75. The van der Waals surface area contributed by atoms with E-state index >= 15 is 0 Å². The second-order valence-electron chi connectivity index (χ2n) is 6.53. The number of nitrogens with zero attached hydrogens (tertiary/aromatic N) is 1. The molecule has 1 aliphatic rings. The van der Waals surface area contributed by atoms with Gasteiger partial charge in [0.05, 0.1) is 12.7 Å². The van der Waals surface area contributed by atoms with Crippen molar-refractivity contribution in [1.82, 2.24) is 4.90 Å². The van der Waals surface area contributed by atoms with Gasteiger partial charge in [-0.3, -0.25) is 4.79 Å². The van der Waals surface area contributed by atoms with Crippen LogP contribution in [0, 0.1) is 5.41 Å². The van der Waals surface area contributed by atoms with Crippen LogP contribution in [0.1, 0.15) is 40.0 Å². The van der Waals surface area contributed by atoms with Crippen LogP contribution in [0.15, 0.2) is 0 Å². The lowest BCUT2D eigenvalue weighted by Gasteiger charge is -2.31. The number of amides is 1. The molecule has 0 aromatic carbocycles. The van der Waals surface area contributed by atoms with Crippen LogP contribution in [0.5, 0.6) is 0 Å². The van der Waals surface area contributed by atoms with Gasteiger partial charge in [-0.15, -0.1) is 12.4 Å².